The monoisotopic (exact) mass is 367 g/mol. The molecule has 0 fully saturated rings. The maximum atomic E-state index is 13.0. The number of hydrogen-bond acceptors (Lipinski definition) is 5. The molecule has 0 aliphatic carbocycles. The minimum Gasteiger partial charge on any atom is -0.347 e. The van der Waals surface area contributed by atoms with Crippen molar-refractivity contribution in [3.05, 3.63) is 40.7 Å². The molecule has 1 aromatic carbocycles. The zero-order chi connectivity index (χ0) is 17.7. The molecule has 2 rings (SSSR count). The molecular weight excluding hydrogens is 345 g/mol. The van der Waals surface area contributed by atoms with Crippen molar-refractivity contribution in [2.45, 2.75) is 32.4 Å². The SMILES string of the molecule is CSCC[C@H](N)C(=O)NC(C)c1sc(-c2ccc(F)cc2)nc1C. The molecule has 0 saturated heterocycles. The first-order valence-electron chi connectivity index (χ1n) is 7.70. The molecule has 3 N–H and O–H groups in total. The average Bonchev–Trinajstić information content (AvgIpc) is 2.95. The molecular formula is C17H22FN3OS2. The van der Waals surface area contributed by atoms with Crippen LogP contribution in [0.4, 0.5) is 4.39 Å². The van der Waals surface area contributed by atoms with Gasteiger partial charge in [0.2, 0.25) is 5.91 Å². The lowest BCUT2D eigenvalue weighted by Gasteiger charge is -2.16. The van der Waals surface area contributed by atoms with Gasteiger partial charge in [0.15, 0.2) is 0 Å². The van der Waals surface area contributed by atoms with Crippen LogP contribution in [-0.2, 0) is 4.79 Å². The van der Waals surface area contributed by atoms with Crippen molar-refractivity contribution >= 4 is 29.0 Å². The topological polar surface area (TPSA) is 68.0 Å². The second-order valence-corrected chi connectivity index (χ2v) is 7.61. The predicted octanol–water partition coefficient (Wildman–Crippen LogP) is 3.52. The molecule has 0 aliphatic heterocycles. The maximum absolute atomic E-state index is 13.0. The van der Waals surface area contributed by atoms with E-state index in [0.717, 1.165) is 26.9 Å². The molecule has 0 aliphatic rings. The van der Waals surface area contributed by atoms with Crippen LogP contribution in [0.3, 0.4) is 0 Å². The summed E-state index contributed by atoms with van der Waals surface area (Å²) >= 11 is 3.18. The Kier molecular flexibility index (Phi) is 6.77. The van der Waals surface area contributed by atoms with Gasteiger partial charge in [0, 0.05) is 5.56 Å². The Labute approximate surface area is 150 Å². The van der Waals surface area contributed by atoms with E-state index in [1.54, 1.807) is 23.9 Å². The van der Waals surface area contributed by atoms with Crippen LogP contribution in [0, 0.1) is 12.7 Å². The van der Waals surface area contributed by atoms with E-state index in [2.05, 4.69) is 10.3 Å². The Morgan fingerprint density at radius 3 is 2.71 bits per heavy atom. The third-order valence-electron chi connectivity index (χ3n) is 3.65. The fourth-order valence-electron chi connectivity index (χ4n) is 2.29. The smallest absolute Gasteiger partial charge is 0.237 e. The Balaban J connectivity index is 2.08. The van der Waals surface area contributed by atoms with Gasteiger partial charge in [0.1, 0.15) is 10.8 Å². The van der Waals surface area contributed by atoms with E-state index in [0.29, 0.717) is 6.42 Å². The van der Waals surface area contributed by atoms with Crippen LogP contribution >= 0.6 is 23.1 Å². The summed E-state index contributed by atoms with van der Waals surface area (Å²) in [5.41, 5.74) is 7.64. The lowest BCUT2D eigenvalue weighted by atomic mass is 10.2. The molecule has 24 heavy (non-hydrogen) atoms. The van der Waals surface area contributed by atoms with Gasteiger partial charge >= 0.3 is 0 Å². The number of thioether (sulfide) groups is 1. The number of thiazole rings is 1. The van der Waals surface area contributed by atoms with Crippen LogP contribution in [0.5, 0.6) is 0 Å². The van der Waals surface area contributed by atoms with Crippen LogP contribution in [0.2, 0.25) is 0 Å². The van der Waals surface area contributed by atoms with Crippen LogP contribution in [0.25, 0.3) is 10.6 Å². The fourth-order valence-corrected chi connectivity index (χ4v) is 3.85. The van der Waals surface area contributed by atoms with Gasteiger partial charge in [-0.25, -0.2) is 9.37 Å². The average molecular weight is 368 g/mol. The lowest BCUT2D eigenvalue weighted by molar-refractivity contribution is -0.123. The van der Waals surface area contributed by atoms with Crippen LogP contribution in [0.1, 0.15) is 30.0 Å². The molecule has 1 unspecified atom stereocenters. The minimum atomic E-state index is -0.496. The van der Waals surface area contributed by atoms with Crippen molar-refractivity contribution in [3.8, 4) is 10.6 Å². The quantitative estimate of drug-likeness (QED) is 0.786. The predicted molar refractivity (Wildman–Crippen MR) is 99.8 cm³/mol. The fraction of sp³-hybridized carbons (Fsp3) is 0.412. The third kappa shape index (κ3) is 4.78. The largest absolute Gasteiger partial charge is 0.347 e. The number of aryl methyl sites for hydroxylation is 1. The van der Waals surface area contributed by atoms with E-state index in [1.165, 1.54) is 23.5 Å². The Morgan fingerprint density at radius 1 is 1.42 bits per heavy atom. The summed E-state index contributed by atoms with van der Waals surface area (Å²) in [5.74, 6) is 0.442. The Hall–Kier alpha value is -1.44. The number of hydrogen-bond donors (Lipinski definition) is 2. The summed E-state index contributed by atoms with van der Waals surface area (Å²) in [6.45, 7) is 3.84. The second kappa shape index (κ2) is 8.60. The molecule has 1 amide bonds. The zero-order valence-corrected chi connectivity index (χ0v) is 15.6. The number of halogens is 1. The molecule has 0 radical (unpaired) electrons. The van der Waals surface area contributed by atoms with Gasteiger partial charge in [0.25, 0.3) is 0 Å². The second-order valence-electron chi connectivity index (χ2n) is 5.59. The van der Waals surface area contributed by atoms with Crippen LogP contribution in [0.15, 0.2) is 24.3 Å². The summed E-state index contributed by atoms with van der Waals surface area (Å²) in [6, 6.07) is 5.59. The van der Waals surface area contributed by atoms with E-state index < -0.39 is 6.04 Å². The van der Waals surface area contributed by atoms with Crippen molar-refractivity contribution in [2.24, 2.45) is 5.73 Å². The highest BCUT2D eigenvalue weighted by Gasteiger charge is 2.20. The van der Waals surface area contributed by atoms with Crippen molar-refractivity contribution in [1.29, 1.82) is 0 Å². The number of nitrogens with two attached hydrogens (primary N) is 1. The highest BCUT2D eigenvalue weighted by atomic mass is 32.2. The molecule has 130 valence electrons. The van der Waals surface area contributed by atoms with Crippen molar-refractivity contribution in [3.63, 3.8) is 0 Å². The summed E-state index contributed by atoms with van der Waals surface area (Å²) in [5, 5.41) is 3.77. The first kappa shape index (κ1) is 18.9. The van der Waals surface area contributed by atoms with E-state index in [1.807, 2.05) is 20.1 Å². The highest BCUT2D eigenvalue weighted by Crippen LogP contribution is 2.31. The van der Waals surface area contributed by atoms with Crippen molar-refractivity contribution in [2.75, 3.05) is 12.0 Å². The number of aromatic nitrogens is 1. The standard InChI is InChI=1S/C17H22FN3OS2/c1-10(20-16(22)14(19)8-9-23-3)15-11(2)21-17(24-15)12-4-6-13(18)7-5-12/h4-7,10,14H,8-9,19H2,1-3H3,(H,20,22)/t10?,14-/m0/s1. The number of carbonyl (C=O) groups is 1. The first-order chi connectivity index (χ1) is 11.4. The number of benzene rings is 1. The number of rotatable bonds is 7. The van der Waals surface area contributed by atoms with Gasteiger partial charge < -0.3 is 11.1 Å². The van der Waals surface area contributed by atoms with Gasteiger partial charge in [-0.1, -0.05) is 0 Å². The van der Waals surface area contributed by atoms with E-state index >= 15 is 0 Å². The van der Waals surface area contributed by atoms with Crippen molar-refractivity contribution < 1.29 is 9.18 Å². The lowest BCUT2D eigenvalue weighted by Crippen LogP contribution is -2.41. The summed E-state index contributed by atoms with van der Waals surface area (Å²) in [7, 11) is 0. The van der Waals surface area contributed by atoms with Gasteiger partial charge in [-0.3, -0.25) is 4.79 Å². The molecule has 2 atom stereocenters. The number of nitrogens with zero attached hydrogens (tertiary/aromatic N) is 1. The normalized spacial score (nSPS) is 13.5. The van der Waals surface area contributed by atoms with E-state index in [9.17, 15) is 9.18 Å². The van der Waals surface area contributed by atoms with Gasteiger partial charge in [-0.15, -0.1) is 11.3 Å². The van der Waals surface area contributed by atoms with Gasteiger partial charge in [-0.05, 0) is 56.5 Å². The zero-order valence-electron chi connectivity index (χ0n) is 14.0. The molecule has 7 heteroatoms. The van der Waals surface area contributed by atoms with E-state index in [4.69, 9.17) is 5.73 Å². The maximum Gasteiger partial charge on any atom is 0.237 e. The summed E-state index contributed by atoms with van der Waals surface area (Å²) in [4.78, 5) is 17.7. The Bertz CT molecular complexity index is 688. The molecule has 0 spiro atoms. The van der Waals surface area contributed by atoms with Crippen LogP contribution in [-0.4, -0.2) is 28.9 Å². The molecule has 1 heterocycles. The first-order valence-corrected chi connectivity index (χ1v) is 9.91. The number of carbonyl (C=O) groups excluding carboxylic acids is 1. The molecule has 2 aromatic rings. The van der Waals surface area contributed by atoms with Gasteiger partial charge in [0.05, 0.1) is 22.7 Å². The molecule has 0 bridgehead atoms. The van der Waals surface area contributed by atoms with Gasteiger partial charge in [-0.2, -0.15) is 11.8 Å². The summed E-state index contributed by atoms with van der Waals surface area (Å²) < 4.78 is 13.0. The Morgan fingerprint density at radius 2 is 2.08 bits per heavy atom. The molecule has 4 nitrogen and oxygen atoms in total. The molecule has 0 saturated carbocycles. The molecule has 1 aromatic heterocycles. The van der Waals surface area contributed by atoms with E-state index in [-0.39, 0.29) is 17.8 Å². The van der Waals surface area contributed by atoms with Crippen molar-refractivity contribution in [1.82, 2.24) is 10.3 Å². The highest BCUT2D eigenvalue weighted by molar-refractivity contribution is 7.98. The summed E-state index contributed by atoms with van der Waals surface area (Å²) in [6.07, 6.45) is 2.65. The third-order valence-corrected chi connectivity index (χ3v) is 5.68. The van der Waals surface area contributed by atoms with Crippen LogP contribution < -0.4 is 11.1 Å². The number of amides is 1. The minimum absolute atomic E-state index is 0.146. The number of nitrogens with one attached hydrogen (secondary N) is 1.